The number of hydrogen-bond donors (Lipinski definition) is 2. The predicted octanol–water partition coefficient (Wildman–Crippen LogP) is 1.20. The summed E-state index contributed by atoms with van der Waals surface area (Å²) >= 11 is 0. The minimum absolute atomic E-state index is 0.00277. The molecule has 0 aliphatic heterocycles. The minimum Gasteiger partial charge on any atom is -0.398 e. The molecule has 0 atom stereocenters. The van der Waals surface area contributed by atoms with Gasteiger partial charge in [-0.3, -0.25) is 4.79 Å². The van der Waals surface area contributed by atoms with Gasteiger partial charge < -0.3 is 11.5 Å². The summed E-state index contributed by atoms with van der Waals surface area (Å²) in [6.45, 7) is 0. The van der Waals surface area contributed by atoms with Crippen molar-refractivity contribution >= 4 is 21.4 Å². The van der Waals surface area contributed by atoms with Gasteiger partial charge >= 0.3 is 0 Å². The summed E-state index contributed by atoms with van der Waals surface area (Å²) in [5.74, 6) is -0.761. The highest BCUT2D eigenvalue weighted by Gasteiger charge is 2.19. The molecule has 6 heteroatoms. The van der Waals surface area contributed by atoms with Crippen molar-refractivity contribution in [2.24, 2.45) is 5.73 Å². The number of carbonyl (C=O) groups excluding carboxylic acids is 1. The summed E-state index contributed by atoms with van der Waals surface area (Å²) in [4.78, 5) is 11.3. The Morgan fingerprint density at radius 3 is 2.16 bits per heavy atom. The Balaban J connectivity index is 2.60. The summed E-state index contributed by atoms with van der Waals surface area (Å²) in [6.07, 6.45) is 0. The molecule has 0 saturated heterocycles. The lowest BCUT2D eigenvalue weighted by molar-refractivity contribution is 0.100. The molecule has 2 aromatic rings. The molecule has 1 amide bonds. The van der Waals surface area contributed by atoms with E-state index in [9.17, 15) is 13.2 Å². The van der Waals surface area contributed by atoms with Crippen molar-refractivity contribution in [3.8, 4) is 0 Å². The standard InChI is InChI=1S/C13H12N2O3S/c14-12-7-6-10(8-11(12)13(15)16)19(17,18)9-4-2-1-3-5-9/h1-8H,14H2,(H2,15,16). The van der Waals surface area contributed by atoms with E-state index >= 15 is 0 Å². The van der Waals surface area contributed by atoms with Crippen LogP contribution < -0.4 is 11.5 Å². The third-order valence-electron chi connectivity index (χ3n) is 2.65. The van der Waals surface area contributed by atoms with Crippen LogP contribution in [-0.4, -0.2) is 14.3 Å². The van der Waals surface area contributed by atoms with Crippen molar-refractivity contribution < 1.29 is 13.2 Å². The highest BCUT2D eigenvalue weighted by atomic mass is 32.2. The molecule has 4 N–H and O–H groups in total. The normalized spacial score (nSPS) is 11.2. The number of hydrogen-bond acceptors (Lipinski definition) is 4. The van der Waals surface area contributed by atoms with E-state index in [0.717, 1.165) is 0 Å². The van der Waals surface area contributed by atoms with Crippen LogP contribution in [0.15, 0.2) is 58.3 Å². The number of benzene rings is 2. The van der Waals surface area contributed by atoms with Crippen molar-refractivity contribution in [3.63, 3.8) is 0 Å². The first-order chi connectivity index (χ1) is 8.93. The zero-order chi connectivity index (χ0) is 14.0. The van der Waals surface area contributed by atoms with Crippen molar-refractivity contribution in [1.29, 1.82) is 0 Å². The highest BCUT2D eigenvalue weighted by molar-refractivity contribution is 7.91. The number of carbonyl (C=O) groups is 1. The van der Waals surface area contributed by atoms with E-state index in [4.69, 9.17) is 11.5 Å². The molecule has 0 fully saturated rings. The Hall–Kier alpha value is -2.34. The maximum atomic E-state index is 12.3. The molecule has 0 spiro atoms. The molecule has 0 aliphatic carbocycles. The van der Waals surface area contributed by atoms with E-state index in [0.29, 0.717) is 0 Å². The molecule has 0 unspecified atom stereocenters. The number of anilines is 1. The molecule has 2 rings (SSSR count). The lowest BCUT2D eigenvalue weighted by Gasteiger charge is -2.07. The zero-order valence-corrected chi connectivity index (χ0v) is 10.7. The molecule has 0 bridgehead atoms. The first-order valence-corrected chi connectivity index (χ1v) is 6.90. The number of amides is 1. The summed E-state index contributed by atoms with van der Waals surface area (Å²) in [5, 5.41) is 0. The molecule has 5 nitrogen and oxygen atoms in total. The lowest BCUT2D eigenvalue weighted by Crippen LogP contribution is -2.14. The number of primary amides is 1. The second kappa shape index (κ2) is 4.74. The van der Waals surface area contributed by atoms with Gasteiger partial charge in [0.15, 0.2) is 0 Å². The Labute approximate surface area is 110 Å². The van der Waals surface area contributed by atoms with Gasteiger partial charge in [0.05, 0.1) is 15.4 Å². The molecule has 0 saturated carbocycles. The summed E-state index contributed by atoms with van der Waals surface area (Å²) < 4.78 is 24.7. The first-order valence-electron chi connectivity index (χ1n) is 5.42. The van der Waals surface area contributed by atoms with Crippen molar-refractivity contribution in [2.45, 2.75) is 9.79 Å². The van der Waals surface area contributed by atoms with Crippen LogP contribution in [0.2, 0.25) is 0 Å². The van der Waals surface area contributed by atoms with Gasteiger partial charge in [0, 0.05) is 5.69 Å². The average Bonchev–Trinajstić information content (AvgIpc) is 2.39. The maximum absolute atomic E-state index is 12.3. The van der Waals surface area contributed by atoms with Gasteiger partial charge in [0.25, 0.3) is 5.91 Å². The van der Waals surface area contributed by atoms with E-state index < -0.39 is 15.7 Å². The maximum Gasteiger partial charge on any atom is 0.250 e. The lowest BCUT2D eigenvalue weighted by atomic mass is 10.2. The van der Waals surface area contributed by atoms with Crippen LogP contribution in [-0.2, 0) is 9.84 Å². The van der Waals surface area contributed by atoms with E-state index in [-0.39, 0.29) is 21.0 Å². The fraction of sp³-hybridized carbons (Fsp3) is 0. The van der Waals surface area contributed by atoms with Gasteiger partial charge in [0.1, 0.15) is 0 Å². The van der Waals surface area contributed by atoms with Gasteiger partial charge in [-0.2, -0.15) is 0 Å². The number of rotatable bonds is 3. The van der Waals surface area contributed by atoms with E-state index in [1.807, 2.05) is 0 Å². The molecule has 0 radical (unpaired) electrons. The first kappa shape index (κ1) is 13.1. The van der Waals surface area contributed by atoms with E-state index in [2.05, 4.69) is 0 Å². The summed E-state index contributed by atoms with van der Waals surface area (Å²) in [7, 11) is -3.68. The summed E-state index contributed by atoms with van der Waals surface area (Å²) in [5.41, 5.74) is 10.9. The van der Waals surface area contributed by atoms with E-state index in [1.54, 1.807) is 18.2 Å². The fourth-order valence-electron chi connectivity index (χ4n) is 1.65. The minimum atomic E-state index is -3.68. The van der Waals surface area contributed by atoms with Gasteiger partial charge in [-0.25, -0.2) is 8.42 Å². The van der Waals surface area contributed by atoms with E-state index in [1.165, 1.54) is 30.3 Å². The third-order valence-corrected chi connectivity index (χ3v) is 4.42. The van der Waals surface area contributed by atoms with Gasteiger partial charge in [-0.05, 0) is 30.3 Å². The SMILES string of the molecule is NC(=O)c1cc(S(=O)(=O)c2ccccc2)ccc1N. The quantitative estimate of drug-likeness (QED) is 0.822. The second-order valence-electron chi connectivity index (χ2n) is 3.93. The smallest absolute Gasteiger partial charge is 0.250 e. The third kappa shape index (κ3) is 2.43. The van der Waals surface area contributed by atoms with Crippen molar-refractivity contribution in [2.75, 3.05) is 5.73 Å². The number of nitrogens with two attached hydrogens (primary N) is 2. The monoisotopic (exact) mass is 276 g/mol. The van der Waals surface area contributed by atoms with Crippen LogP contribution >= 0.6 is 0 Å². The van der Waals surface area contributed by atoms with Crippen LogP contribution in [0.4, 0.5) is 5.69 Å². The zero-order valence-electron chi connectivity index (χ0n) is 9.91. The molecule has 0 aliphatic rings. The van der Waals surface area contributed by atoms with Crippen LogP contribution in [0.3, 0.4) is 0 Å². The van der Waals surface area contributed by atoms with Gasteiger partial charge in [0.2, 0.25) is 9.84 Å². The van der Waals surface area contributed by atoms with Crippen LogP contribution in [0.1, 0.15) is 10.4 Å². The largest absolute Gasteiger partial charge is 0.398 e. The van der Waals surface area contributed by atoms with Crippen molar-refractivity contribution in [3.05, 3.63) is 54.1 Å². The van der Waals surface area contributed by atoms with Crippen LogP contribution in [0.5, 0.6) is 0 Å². The molecule has 0 heterocycles. The molecule has 0 aromatic heterocycles. The number of nitrogen functional groups attached to an aromatic ring is 1. The topological polar surface area (TPSA) is 103 Å². The fourth-order valence-corrected chi connectivity index (χ4v) is 2.96. The predicted molar refractivity (Wildman–Crippen MR) is 71.3 cm³/mol. The Bertz CT molecular complexity index is 725. The molecular weight excluding hydrogens is 264 g/mol. The Kier molecular flexibility index (Phi) is 3.26. The Morgan fingerprint density at radius 1 is 0.947 bits per heavy atom. The molecule has 19 heavy (non-hydrogen) atoms. The molecule has 2 aromatic carbocycles. The van der Waals surface area contributed by atoms with Gasteiger partial charge in [-0.15, -0.1) is 0 Å². The number of sulfone groups is 1. The Morgan fingerprint density at radius 2 is 1.58 bits per heavy atom. The van der Waals surface area contributed by atoms with Crippen molar-refractivity contribution in [1.82, 2.24) is 0 Å². The second-order valence-corrected chi connectivity index (χ2v) is 5.88. The average molecular weight is 276 g/mol. The highest BCUT2D eigenvalue weighted by Crippen LogP contribution is 2.23. The van der Waals surface area contributed by atoms with Crippen LogP contribution in [0.25, 0.3) is 0 Å². The van der Waals surface area contributed by atoms with Gasteiger partial charge in [-0.1, -0.05) is 18.2 Å². The summed E-state index contributed by atoms with van der Waals surface area (Å²) in [6, 6.07) is 11.8. The molecular formula is C13H12N2O3S. The molecule has 98 valence electrons. The van der Waals surface area contributed by atoms with Crippen LogP contribution in [0, 0.1) is 0 Å².